The number of carbonyl (C=O) groups excluding carboxylic acids is 2. The van der Waals surface area contributed by atoms with E-state index in [0.29, 0.717) is 25.1 Å². The van der Waals surface area contributed by atoms with E-state index in [1.807, 2.05) is 19.1 Å². The molecule has 0 spiro atoms. The highest BCUT2D eigenvalue weighted by atomic mass is 19.1. The molecule has 0 aromatic heterocycles. The van der Waals surface area contributed by atoms with Crippen LogP contribution in [0.1, 0.15) is 29.3 Å². The zero-order chi connectivity index (χ0) is 19.4. The Hall–Kier alpha value is -2.89. The van der Waals surface area contributed by atoms with Crippen LogP contribution in [0.4, 0.5) is 10.1 Å². The summed E-state index contributed by atoms with van der Waals surface area (Å²) in [5.41, 5.74) is 2.48. The summed E-state index contributed by atoms with van der Waals surface area (Å²) < 4.78 is 19.0. The normalized spacial score (nSPS) is 12.6. The molecular formula is C21H23FN2O3. The van der Waals surface area contributed by atoms with Gasteiger partial charge in [-0.3, -0.25) is 9.59 Å². The Morgan fingerprint density at radius 2 is 2.00 bits per heavy atom. The maximum Gasteiger partial charge on any atom is 0.253 e. The SMILES string of the molecule is CCC(=O)N1CCc2cc(C(=O)N(C)CCOc3ccccc3F)ccc21. The van der Waals surface area contributed by atoms with Gasteiger partial charge in [0, 0.05) is 31.3 Å². The summed E-state index contributed by atoms with van der Waals surface area (Å²) in [6, 6.07) is 11.6. The molecule has 3 rings (SSSR count). The minimum absolute atomic E-state index is 0.0928. The molecule has 0 unspecified atom stereocenters. The number of halogens is 1. The molecule has 2 aromatic carbocycles. The van der Waals surface area contributed by atoms with Gasteiger partial charge in [0.15, 0.2) is 11.6 Å². The van der Waals surface area contributed by atoms with Gasteiger partial charge in [-0.2, -0.15) is 0 Å². The van der Waals surface area contributed by atoms with Gasteiger partial charge in [-0.25, -0.2) is 4.39 Å². The number of para-hydroxylation sites is 1. The van der Waals surface area contributed by atoms with Crippen LogP contribution in [0, 0.1) is 5.82 Å². The Balaban J connectivity index is 1.61. The van der Waals surface area contributed by atoms with Crippen molar-refractivity contribution in [2.24, 2.45) is 0 Å². The fourth-order valence-electron chi connectivity index (χ4n) is 3.16. The summed E-state index contributed by atoms with van der Waals surface area (Å²) in [5.74, 6) is -0.279. The van der Waals surface area contributed by atoms with Crippen molar-refractivity contribution in [3.05, 3.63) is 59.4 Å². The fourth-order valence-corrected chi connectivity index (χ4v) is 3.16. The van der Waals surface area contributed by atoms with Gasteiger partial charge in [-0.15, -0.1) is 0 Å². The summed E-state index contributed by atoms with van der Waals surface area (Å²) in [6.45, 7) is 3.04. The van der Waals surface area contributed by atoms with E-state index in [9.17, 15) is 14.0 Å². The third-order valence-corrected chi connectivity index (χ3v) is 4.69. The molecular weight excluding hydrogens is 347 g/mol. The first-order valence-electron chi connectivity index (χ1n) is 9.07. The number of rotatable bonds is 6. The van der Waals surface area contributed by atoms with Crippen molar-refractivity contribution in [3.8, 4) is 5.75 Å². The van der Waals surface area contributed by atoms with Crippen LogP contribution in [0.5, 0.6) is 5.75 Å². The first-order valence-corrected chi connectivity index (χ1v) is 9.07. The van der Waals surface area contributed by atoms with Crippen LogP contribution in [-0.2, 0) is 11.2 Å². The predicted molar refractivity (Wildman–Crippen MR) is 102 cm³/mol. The van der Waals surface area contributed by atoms with Crippen molar-refractivity contribution in [3.63, 3.8) is 0 Å². The second kappa shape index (κ2) is 8.20. The third kappa shape index (κ3) is 4.10. The van der Waals surface area contributed by atoms with Gasteiger partial charge < -0.3 is 14.5 Å². The van der Waals surface area contributed by atoms with Crippen molar-refractivity contribution >= 4 is 17.5 Å². The van der Waals surface area contributed by atoms with Crippen LogP contribution in [-0.4, -0.2) is 43.5 Å². The minimum atomic E-state index is -0.420. The van der Waals surface area contributed by atoms with Crippen LogP contribution in [0.3, 0.4) is 0 Å². The summed E-state index contributed by atoms with van der Waals surface area (Å²) in [6.07, 6.45) is 1.22. The van der Waals surface area contributed by atoms with E-state index in [0.717, 1.165) is 17.7 Å². The summed E-state index contributed by atoms with van der Waals surface area (Å²) in [5, 5.41) is 0. The van der Waals surface area contributed by atoms with Crippen LogP contribution >= 0.6 is 0 Å². The lowest BCUT2D eigenvalue weighted by molar-refractivity contribution is -0.118. The monoisotopic (exact) mass is 370 g/mol. The Labute approximate surface area is 158 Å². The number of likely N-dealkylation sites (N-methyl/N-ethyl adjacent to an activating group) is 1. The van der Waals surface area contributed by atoms with Gasteiger partial charge in [0.1, 0.15) is 6.61 Å². The average molecular weight is 370 g/mol. The van der Waals surface area contributed by atoms with Crippen LogP contribution in [0.2, 0.25) is 0 Å². The number of benzene rings is 2. The molecule has 0 saturated carbocycles. The van der Waals surface area contributed by atoms with Gasteiger partial charge >= 0.3 is 0 Å². The minimum Gasteiger partial charge on any atom is -0.489 e. The molecule has 0 atom stereocenters. The highest BCUT2D eigenvalue weighted by molar-refractivity contribution is 5.98. The predicted octanol–water partition coefficient (Wildman–Crippen LogP) is 3.28. The highest BCUT2D eigenvalue weighted by Crippen LogP contribution is 2.29. The highest BCUT2D eigenvalue weighted by Gasteiger charge is 2.25. The van der Waals surface area contributed by atoms with Crippen molar-refractivity contribution in [2.45, 2.75) is 19.8 Å². The largest absolute Gasteiger partial charge is 0.489 e. The fraction of sp³-hybridized carbons (Fsp3) is 0.333. The Kier molecular flexibility index (Phi) is 5.74. The molecule has 1 aliphatic rings. The first kappa shape index (κ1) is 18.9. The van der Waals surface area contributed by atoms with Gasteiger partial charge in [-0.05, 0) is 42.3 Å². The zero-order valence-corrected chi connectivity index (χ0v) is 15.6. The molecule has 0 fully saturated rings. The third-order valence-electron chi connectivity index (χ3n) is 4.69. The molecule has 0 aliphatic carbocycles. The van der Waals surface area contributed by atoms with Crippen LogP contribution < -0.4 is 9.64 Å². The number of hydrogen-bond donors (Lipinski definition) is 0. The molecule has 0 N–H and O–H groups in total. The first-order chi connectivity index (χ1) is 13.0. The maximum atomic E-state index is 13.5. The summed E-state index contributed by atoms with van der Waals surface area (Å²) in [7, 11) is 1.69. The van der Waals surface area contributed by atoms with E-state index in [2.05, 4.69) is 0 Å². The lowest BCUT2D eigenvalue weighted by Gasteiger charge is -2.19. The number of anilines is 1. The van der Waals surface area contributed by atoms with E-state index in [4.69, 9.17) is 4.74 Å². The molecule has 6 heteroatoms. The Morgan fingerprint density at radius 1 is 1.22 bits per heavy atom. The van der Waals surface area contributed by atoms with Gasteiger partial charge in [-0.1, -0.05) is 19.1 Å². The van der Waals surface area contributed by atoms with E-state index in [1.165, 1.54) is 6.07 Å². The van der Waals surface area contributed by atoms with Crippen LogP contribution in [0.25, 0.3) is 0 Å². The Morgan fingerprint density at radius 3 is 2.74 bits per heavy atom. The van der Waals surface area contributed by atoms with Gasteiger partial charge in [0.2, 0.25) is 5.91 Å². The number of amides is 2. The lowest BCUT2D eigenvalue weighted by atomic mass is 10.1. The molecule has 142 valence electrons. The molecule has 0 radical (unpaired) electrons. The summed E-state index contributed by atoms with van der Waals surface area (Å²) >= 11 is 0. The standard InChI is InChI=1S/C21H23FN2O3/c1-3-20(25)24-11-10-15-14-16(8-9-18(15)24)21(26)23(2)12-13-27-19-7-5-4-6-17(19)22/h4-9,14H,3,10-13H2,1-2H3. The number of carbonyl (C=O) groups is 2. The molecule has 0 bridgehead atoms. The van der Waals surface area contributed by atoms with Crippen molar-refractivity contribution in [2.75, 3.05) is 31.6 Å². The van der Waals surface area contributed by atoms with Crippen LogP contribution in [0.15, 0.2) is 42.5 Å². The second-order valence-electron chi connectivity index (χ2n) is 6.50. The summed E-state index contributed by atoms with van der Waals surface area (Å²) in [4.78, 5) is 27.9. The van der Waals surface area contributed by atoms with E-state index < -0.39 is 5.82 Å². The average Bonchev–Trinajstić information content (AvgIpc) is 3.11. The second-order valence-corrected chi connectivity index (χ2v) is 6.50. The van der Waals surface area contributed by atoms with E-state index in [1.54, 1.807) is 41.1 Å². The topological polar surface area (TPSA) is 49.9 Å². The lowest BCUT2D eigenvalue weighted by Crippen LogP contribution is -2.31. The van der Waals surface area contributed by atoms with Gasteiger partial charge in [0.05, 0.1) is 6.54 Å². The smallest absolute Gasteiger partial charge is 0.253 e. The number of ether oxygens (including phenoxy) is 1. The number of nitrogens with zero attached hydrogens (tertiary/aromatic N) is 2. The molecule has 2 aromatic rings. The molecule has 5 nitrogen and oxygen atoms in total. The van der Waals surface area contributed by atoms with Gasteiger partial charge in [0.25, 0.3) is 5.91 Å². The van der Waals surface area contributed by atoms with E-state index >= 15 is 0 Å². The van der Waals surface area contributed by atoms with Crippen molar-refractivity contribution in [1.82, 2.24) is 4.90 Å². The number of fused-ring (bicyclic) bond motifs is 1. The van der Waals surface area contributed by atoms with Crippen molar-refractivity contribution in [1.29, 1.82) is 0 Å². The molecule has 0 saturated heterocycles. The van der Waals surface area contributed by atoms with Crippen molar-refractivity contribution < 1.29 is 18.7 Å². The number of hydrogen-bond acceptors (Lipinski definition) is 3. The molecule has 27 heavy (non-hydrogen) atoms. The quantitative estimate of drug-likeness (QED) is 0.784. The molecule has 1 heterocycles. The maximum absolute atomic E-state index is 13.5. The van der Waals surface area contributed by atoms with E-state index in [-0.39, 0.29) is 24.2 Å². The Bertz CT molecular complexity index is 853. The zero-order valence-electron chi connectivity index (χ0n) is 15.6. The molecule has 2 amide bonds. The molecule has 1 aliphatic heterocycles.